The average Bonchev–Trinajstić information content (AvgIpc) is 2.99. The van der Waals surface area contributed by atoms with Crippen molar-refractivity contribution < 1.29 is 39.6 Å². The van der Waals surface area contributed by atoms with E-state index in [0.717, 1.165) is 26.2 Å². The lowest BCUT2D eigenvalue weighted by molar-refractivity contribution is -0.148. The molecule has 12 nitrogen and oxygen atoms in total. The Bertz CT molecular complexity index is 1520. The number of amides is 1. The standard InChI is InChI=1S/C33H42N4O8/c1-35(2)27-21-15-17-14-20-19(23(39)16-36-10-12-37(13-11-36)18-6-4-3-5-7-18)8-9-22(38)25(20)28(40)24(17)30(42)33(21,45)31(43)26(29(27)41)32(34)44/h8-9,17-18,21,27,38,41-42,45H,3-7,10-16H2,1-2H3,(H2,34,44)/t17-,21-,27-,33-/m0/s1. The summed E-state index contributed by atoms with van der Waals surface area (Å²) in [5.74, 6) is -7.31. The number of phenols is 1. The number of nitrogens with zero attached hydrogens (tertiary/aromatic N) is 3. The van der Waals surface area contributed by atoms with Crippen LogP contribution in [0, 0.1) is 11.8 Å². The maximum absolute atomic E-state index is 14.0. The van der Waals surface area contributed by atoms with Crippen molar-refractivity contribution in [1.29, 1.82) is 0 Å². The monoisotopic (exact) mass is 622 g/mol. The van der Waals surface area contributed by atoms with Crippen molar-refractivity contribution >= 4 is 23.3 Å². The molecule has 1 heterocycles. The number of piperazine rings is 1. The third kappa shape index (κ3) is 4.98. The SMILES string of the molecule is CN(C)[C@@H]1C(O)=C(C(N)=O)C(=O)[C@@]2(O)C(O)=C3C(=O)c4c(O)ccc(C(=O)CN5CCN(C6CCCCC6)CC5)c4C[C@H]3C[C@@H]12. The van der Waals surface area contributed by atoms with Gasteiger partial charge in [0.1, 0.15) is 22.8 Å². The van der Waals surface area contributed by atoms with Gasteiger partial charge in [-0.05, 0) is 63.4 Å². The van der Waals surface area contributed by atoms with Crippen LogP contribution in [-0.4, -0.2) is 123 Å². The fourth-order valence-electron chi connectivity index (χ4n) is 8.53. The topological polar surface area (TPSA) is 185 Å². The lowest BCUT2D eigenvalue weighted by Gasteiger charge is -2.50. The van der Waals surface area contributed by atoms with Crippen LogP contribution in [0.1, 0.15) is 64.8 Å². The Morgan fingerprint density at radius 3 is 2.31 bits per heavy atom. The summed E-state index contributed by atoms with van der Waals surface area (Å²) < 4.78 is 0. The first-order valence-corrected chi connectivity index (χ1v) is 15.8. The van der Waals surface area contributed by atoms with Crippen LogP contribution in [0.2, 0.25) is 0 Å². The van der Waals surface area contributed by atoms with Crippen molar-refractivity contribution in [2.45, 2.75) is 62.6 Å². The van der Waals surface area contributed by atoms with Crippen LogP contribution >= 0.6 is 0 Å². The van der Waals surface area contributed by atoms with Crippen LogP contribution in [-0.2, 0) is 16.0 Å². The van der Waals surface area contributed by atoms with Gasteiger partial charge in [0.15, 0.2) is 17.2 Å². The quantitative estimate of drug-likeness (QED) is 0.227. The molecule has 12 heteroatoms. The van der Waals surface area contributed by atoms with E-state index in [1.54, 1.807) is 14.1 Å². The highest BCUT2D eigenvalue weighted by Gasteiger charge is 2.63. The molecule has 0 spiro atoms. The molecule has 0 radical (unpaired) electrons. The molecule has 45 heavy (non-hydrogen) atoms. The summed E-state index contributed by atoms with van der Waals surface area (Å²) in [5.41, 5.74) is 2.12. The smallest absolute Gasteiger partial charge is 0.255 e. The predicted octanol–water partition coefficient (Wildman–Crippen LogP) is 1.25. The maximum atomic E-state index is 14.0. The summed E-state index contributed by atoms with van der Waals surface area (Å²) in [6, 6.07) is 2.34. The van der Waals surface area contributed by atoms with Crippen molar-refractivity contribution in [3.63, 3.8) is 0 Å². The Hall–Kier alpha value is -3.58. The summed E-state index contributed by atoms with van der Waals surface area (Å²) in [5, 5.41) is 45.0. The molecule has 1 aromatic carbocycles. The van der Waals surface area contributed by atoms with Crippen molar-refractivity contribution in [3.05, 3.63) is 51.5 Å². The van der Waals surface area contributed by atoms with Gasteiger partial charge in [0.05, 0.1) is 18.2 Å². The first-order valence-electron chi connectivity index (χ1n) is 15.8. The average molecular weight is 623 g/mol. The second kappa shape index (κ2) is 11.7. The minimum Gasteiger partial charge on any atom is -0.510 e. The predicted molar refractivity (Wildman–Crippen MR) is 163 cm³/mol. The summed E-state index contributed by atoms with van der Waals surface area (Å²) in [7, 11) is 3.16. The summed E-state index contributed by atoms with van der Waals surface area (Å²) in [6.07, 6.45) is 6.34. The highest BCUT2D eigenvalue weighted by molar-refractivity contribution is 6.25. The van der Waals surface area contributed by atoms with E-state index in [1.807, 2.05) is 0 Å². The van der Waals surface area contributed by atoms with Gasteiger partial charge in [0.2, 0.25) is 5.78 Å². The van der Waals surface area contributed by atoms with E-state index in [4.69, 9.17) is 5.73 Å². The van der Waals surface area contributed by atoms with Crippen LogP contribution in [0.4, 0.5) is 0 Å². The second-order valence-electron chi connectivity index (χ2n) is 13.5. The number of carbonyl (C=O) groups is 4. The van der Waals surface area contributed by atoms with E-state index >= 15 is 0 Å². The first kappa shape index (κ1) is 31.4. The summed E-state index contributed by atoms with van der Waals surface area (Å²) in [4.78, 5) is 59.5. The van der Waals surface area contributed by atoms with Gasteiger partial charge >= 0.3 is 0 Å². The van der Waals surface area contributed by atoms with Crippen molar-refractivity contribution in [2.75, 3.05) is 46.8 Å². The fraction of sp³-hybridized carbons (Fsp3) is 0.576. The van der Waals surface area contributed by atoms with Gasteiger partial charge in [0.25, 0.3) is 5.91 Å². The van der Waals surface area contributed by atoms with Gasteiger partial charge in [-0.25, -0.2) is 0 Å². The third-order valence-corrected chi connectivity index (χ3v) is 10.8. The van der Waals surface area contributed by atoms with Crippen LogP contribution in [0.25, 0.3) is 0 Å². The number of allylic oxidation sites excluding steroid dienone is 1. The maximum Gasteiger partial charge on any atom is 0.255 e. The Balaban J connectivity index is 1.30. The van der Waals surface area contributed by atoms with E-state index in [1.165, 1.54) is 49.1 Å². The molecule has 5 aliphatic rings. The molecule has 2 fully saturated rings. The number of phenolic OH excluding ortho intramolecular Hbond substituents is 1. The zero-order valence-electron chi connectivity index (χ0n) is 25.8. The number of rotatable bonds is 6. The zero-order valence-corrected chi connectivity index (χ0v) is 25.8. The normalized spacial score (nSPS) is 29.9. The van der Waals surface area contributed by atoms with Gasteiger partial charge in [-0.3, -0.25) is 33.9 Å². The fourth-order valence-corrected chi connectivity index (χ4v) is 8.53. The number of aliphatic hydroxyl groups excluding tert-OH is 2. The number of fused-ring (bicyclic) bond motifs is 3. The van der Waals surface area contributed by atoms with E-state index in [2.05, 4.69) is 9.80 Å². The van der Waals surface area contributed by atoms with E-state index in [0.29, 0.717) is 17.2 Å². The van der Waals surface area contributed by atoms with Crippen LogP contribution in [0.15, 0.2) is 34.8 Å². The molecule has 242 valence electrons. The van der Waals surface area contributed by atoms with Crippen LogP contribution in [0.3, 0.4) is 0 Å². The lowest BCUT2D eigenvalue weighted by Crippen LogP contribution is -2.63. The van der Waals surface area contributed by atoms with Crippen molar-refractivity contribution in [1.82, 2.24) is 14.7 Å². The number of hydrogen-bond acceptors (Lipinski definition) is 11. The molecular weight excluding hydrogens is 580 g/mol. The molecule has 6 N–H and O–H groups in total. The number of benzene rings is 1. The molecule has 0 bridgehead atoms. The molecule has 4 aliphatic carbocycles. The van der Waals surface area contributed by atoms with Crippen LogP contribution < -0.4 is 5.73 Å². The van der Waals surface area contributed by atoms with E-state index in [9.17, 15) is 39.6 Å². The minimum absolute atomic E-state index is 0.0296. The third-order valence-electron chi connectivity index (χ3n) is 10.8. The Kier molecular flexibility index (Phi) is 8.13. The molecule has 0 aromatic heterocycles. The van der Waals surface area contributed by atoms with Crippen LogP contribution in [0.5, 0.6) is 5.75 Å². The number of primary amides is 1. The highest BCUT2D eigenvalue weighted by Crippen LogP contribution is 2.52. The van der Waals surface area contributed by atoms with Gasteiger partial charge in [-0.1, -0.05) is 19.3 Å². The molecule has 1 saturated carbocycles. The molecular formula is C33H42N4O8. The number of ketones is 3. The summed E-state index contributed by atoms with van der Waals surface area (Å²) in [6.45, 7) is 3.48. The molecule has 0 unspecified atom stereocenters. The second-order valence-corrected chi connectivity index (χ2v) is 13.5. The Morgan fingerprint density at radius 1 is 1.02 bits per heavy atom. The van der Waals surface area contributed by atoms with E-state index < -0.39 is 58.0 Å². The molecule has 4 atom stereocenters. The number of Topliss-reactive ketones (excluding diaryl/α,β-unsaturated/α-hetero) is 3. The van der Waals surface area contributed by atoms with Gasteiger partial charge in [0, 0.05) is 49.3 Å². The number of aromatic hydroxyl groups is 1. The molecule has 1 saturated heterocycles. The number of nitrogens with two attached hydrogens (primary N) is 1. The first-order chi connectivity index (χ1) is 21.4. The van der Waals surface area contributed by atoms with Gasteiger partial charge in [-0.2, -0.15) is 0 Å². The number of hydrogen-bond donors (Lipinski definition) is 5. The number of likely N-dealkylation sites (N-methyl/N-ethyl adjacent to an activating group) is 1. The summed E-state index contributed by atoms with van der Waals surface area (Å²) >= 11 is 0. The molecule has 1 aromatic rings. The van der Waals surface area contributed by atoms with Crippen molar-refractivity contribution in [3.8, 4) is 5.75 Å². The van der Waals surface area contributed by atoms with Gasteiger partial charge in [-0.15, -0.1) is 0 Å². The molecule has 1 amide bonds. The van der Waals surface area contributed by atoms with Gasteiger partial charge < -0.3 is 26.2 Å². The Morgan fingerprint density at radius 2 is 1.69 bits per heavy atom. The van der Waals surface area contributed by atoms with Crippen molar-refractivity contribution in [2.24, 2.45) is 17.6 Å². The number of aliphatic hydroxyl groups is 3. The number of carbonyl (C=O) groups excluding carboxylic acids is 4. The molecule has 6 rings (SSSR count). The Labute approximate surface area is 261 Å². The van der Waals surface area contributed by atoms with E-state index in [-0.39, 0.29) is 42.1 Å². The highest BCUT2D eigenvalue weighted by atomic mass is 16.3. The lowest BCUT2D eigenvalue weighted by atomic mass is 9.58. The zero-order chi connectivity index (χ0) is 32.4. The minimum atomic E-state index is -2.70. The molecule has 1 aliphatic heterocycles. The largest absolute Gasteiger partial charge is 0.510 e.